The highest BCUT2D eigenvalue weighted by atomic mass is 35.5. The first-order valence-electron chi connectivity index (χ1n) is 8.50. The van der Waals surface area contributed by atoms with Gasteiger partial charge in [-0.05, 0) is 30.2 Å². The molecule has 2 heterocycles. The number of aromatic nitrogens is 1. The van der Waals surface area contributed by atoms with E-state index in [9.17, 15) is 5.11 Å². The minimum atomic E-state index is -0.252. The number of pyridine rings is 1. The molecular formula is C20H21Cl2N3O. The molecule has 2 aromatic carbocycles. The number of hydrogen-bond acceptors (Lipinski definition) is 4. The molecule has 1 saturated heterocycles. The van der Waals surface area contributed by atoms with E-state index in [1.165, 1.54) is 0 Å². The second-order valence-corrected chi connectivity index (χ2v) is 6.85. The number of fused-ring (bicyclic) bond motifs is 1. The number of β-amino-alcohol motifs (C(OH)–C–C–N with tert-alkyl or cyclic N) is 1. The smallest absolute Gasteiger partial charge is 0.129 e. The molecule has 0 saturated carbocycles. The summed E-state index contributed by atoms with van der Waals surface area (Å²) in [6, 6.07) is 18.0. The molecule has 1 aliphatic rings. The van der Waals surface area contributed by atoms with E-state index in [0.29, 0.717) is 13.1 Å². The van der Waals surface area contributed by atoms with Gasteiger partial charge in [-0.1, -0.05) is 41.9 Å². The van der Waals surface area contributed by atoms with Gasteiger partial charge in [-0.2, -0.15) is 0 Å². The number of halogens is 2. The van der Waals surface area contributed by atoms with E-state index in [1.54, 1.807) is 0 Å². The maximum atomic E-state index is 9.89. The van der Waals surface area contributed by atoms with Crippen molar-refractivity contribution in [2.24, 2.45) is 0 Å². The average molecular weight is 390 g/mol. The summed E-state index contributed by atoms with van der Waals surface area (Å²) in [5.74, 6) is 0.838. The van der Waals surface area contributed by atoms with Crippen LogP contribution in [0, 0.1) is 0 Å². The van der Waals surface area contributed by atoms with Crippen molar-refractivity contribution in [1.29, 1.82) is 0 Å². The number of para-hydroxylation sites is 1. The molecule has 1 atom stereocenters. The zero-order valence-electron chi connectivity index (χ0n) is 14.2. The van der Waals surface area contributed by atoms with Crippen LogP contribution in [0.1, 0.15) is 12.0 Å². The summed E-state index contributed by atoms with van der Waals surface area (Å²) in [5, 5.41) is 15.2. The molecule has 1 fully saturated rings. The van der Waals surface area contributed by atoms with Gasteiger partial charge in [-0.15, -0.1) is 12.4 Å². The Balaban J connectivity index is 0.00000196. The van der Waals surface area contributed by atoms with Gasteiger partial charge in [-0.3, -0.25) is 0 Å². The Labute approximate surface area is 164 Å². The van der Waals surface area contributed by atoms with Gasteiger partial charge in [-0.25, -0.2) is 4.98 Å². The molecule has 4 nitrogen and oxygen atoms in total. The number of nitrogens with one attached hydrogen (secondary N) is 1. The lowest BCUT2D eigenvalue weighted by Crippen LogP contribution is -2.21. The molecule has 1 aliphatic heterocycles. The summed E-state index contributed by atoms with van der Waals surface area (Å²) < 4.78 is 0. The molecule has 0 aliphatic carbocycles. The molecule has 0 unspecified atom stereocenters. The highest BCUT2D eigenvalue weighted by Crippen LogP contribution is 2.31. The molecule has 0 amide bonds. The minimum Gasteiger partial charge on any atom is -0.391 e. The second-order valence-electron chi connectivity index (χ2n) is 6.41. The molecule has 1 aromatic heterocycles. The Morgan fingerprint density at radius 3 is 2.65 bits per heavy atom. The molecule has 3 aromatic rings. The van der Waals surface area contributed by atoms with Crippen LogP contribution in [0.25, 0.3) is 10.9 Å². The zero-order valence-corrected chi connectivity index (χ0v) is 15.8. The van der Waals surface area contributed by atoms with E-state index in [0.717, 1.165) is 46.0 Å². The van der Waals surface area contributed by atoms with Crippen molar-refractivity contribution in [3.8, 4) is 0 Å². The van der Waals surface area contributed by atoms with Crippen LogP contribution < -0.4 is 10.2 Å². The third-order valence-electron chi connectivity index (χ3n) is 4.59. The highest BCUT2D eigenvalue weighted by Gasteiger charge is 2.22. The van der Waals surface area contributed by atoms with Crippen molar-refractivity contribution in [2.45, 2.75) is 19.1 Å². The summed E-state index contributed by atoms with van der Waals surface area (Å²) >= 11 is 5.94. The van der Waals surface area contributed by atoms with E-state index >= 15 is 0 Å². The van der Waals surface area contributed by atoms with Crippen LogP contribution in [0.3, 0.4) is 0 Å². The van der Waals surface area contributed by atoms with E-state index in [2.05, 4.69) is 22.3 Å². The maximum absolute atomic E-state index is 9.89. The van der Waals surface area contributed by atoms with E-state index < -0.39 is 0 Å². The van der Waals surface area contributed by atoms with Crippen LogP contribution in [0.4, 0.5) is 11.5 Å². The number of aliphatic hydroxyl groups is 1. The predicted molar refractivity (Wildman–Crippen MR) is 111 cm³/mol. The van der Waals surface area contributed by atoms with E-state index in [1.807, 2.05) is 42.5 Å². The quantitative estimate of drug-likeness (QED) is 0.689. The molecule has 0 bridgehead atoms. The normalized spacial score (nSPS) is 16.5. The fourth-order valence-corrected chi connectivity index (χ4v) is 3.39. The Morgan fingerprint density at radius 1 is 1.15 bits per heavy atom. The molecule has 0 radical (unpaired) electrons. The fourth-order valence-electron chi connectivity index (χ4n) is 3.26. The van der Waals surface area contributed by atoms with Crippen LogP contribution in [-0.2, 0) is 6.54 Å². The largest absolute Gasteiger partial charge is 0.391 e. The summed E-state index contributed by atoms with van der Waals surface area (Å²) in [6.45, 7) is 2.22. The summed E-state index contributed by atoms with van der Waals surface area (Å²) in [6.07, 6.45) is 0.557. The van der Waals surface area contributed by atoms with Gasteiger partial charge < -0.3 is 15.3 Å². The Hall–Kier alpha value is -2.01. The van der Waals surface area contributed by atoms with Crippen molar-refractivity contribution in [1.82, 2.24) is 4.98 Å². The SMILES string of the molecule is Cl.O[C@@H]1CCN(c2cc(NCc3ccc(Cl)cc3)nc3ccccc23)C1. The minimum absolute atomic E-state index is 0. The first-order valence-corrected chi connectivity index (χ1v) is 8.88. The van der Waals surface area contributed by atoms with Gasteiger partial charge in [0, 0.05) is 41.8 Å². The third-order valence-corrected chi connectivity index (χ3v) is 4.84. The van der Waals surface area contributed by atoms with Gasteiger partial charge in [0.25, 0.3) is 0 Å². The van der Waals surface area contributed by atoms with Crippen LogP contribution in [0.2, 0.25) is 5.02 Å². The van der Waals surface area contributed by atoms with Gasteiger partial charge in [0.05, 0.1) is 11.6 Å². The first-order chi connectivity index (χ1) is 12.2. The van der Waals surface area contributed by atoms with Crippen molar-refractivity contribution in [2.75, 3.05) is 23.3 Å². The number of rotatable bonds is 4. The van der Waals surface area contributed by atoms with Crippen molar-refractivity contribution < 1.29 is 5.11 Å². The van der Waals surface area contributed by atoms with Crippen molar-refractivity contribution in [3.63, 3.8) is 0 Å². The Bertz CT molecular complexity index is 886. The van der Waals surface area contributed by atoms with Gasteiger partial charge >= 0.3 is 0 Å². The van der Waals surface area contributed by atoms with Crippen LogP contribution in [0.15, 0.2) is 54.6 Å². The molecule has 4 rings (SSSR count). The molecular weight excluding hydrogens is 369 g/mol. The average Bonchev–Trinajstić information content (AvgIpc) is 3.07. The second kappa shape index (κ2) is 8.12. The fraction of sp³-hybridized carbons (Fsp3) is 0.250. The topological polar surface area (TPSA) is 48.4 Å². The van der Waals surface area contributed by atoms with Gasteiger partial charge in [0.1, 0.15) is 5.82 Å². The number of aliphatic hydroxyl groups excluding tert-OH is 1. The molecule has 0 spiro atoms. The lowest BCUT2D eigenvalue weighted by molar-refractivity contribution is 0.198. The van der Waals surface area contributed by atoms with Gasteiger partial charge in [0.2, 0.25) is 0 Å². The lowest BCUT2D eigenvalue weighted by atomic mass is 10.1. The Morgan fingerprint density at radius 2 is 1.92 bits per heavy atom. The number of nitrogens with zero attached hydrogens (tertiary/aromatic N) is 2. The monoisotopic (exact) mass is 389 g/mol. The third kappa shape index (κ3) is 4.04. The predicted octanol–water partition coefficient (Wildman–Crippen LogP) is 4.49. The standard InChI is InChI=1S/C20H20ClN3O.ClH/c21-15-7-5-14(6-8-15)12-22-20-11-19(24-10-9-16(25)13-24)17-3-1-2-4-18(17)23-20;/h1-8,11,16,25H,9-10,12-13H2,(H,22,23);1H/t16-;/m1./s1. The lowest BCUT2D eigenvalue weighted by Gasteiger charge is -2.21. The number of hydrogen-bond donors (Lipinski definition) is 2. The highest BCUT2D eigenvalue weighted by molar-refractivity contribution is 6.30. The molecule has 2 N–H and O–H groups in total. The van der Waals surface area contributed by atoms with Gasteiger partial charge in [0.15, 0.2) is 0 Å². The van der Waals surface area contributed by atoms with Crippen LogP contribution >= 0.6 is 24.0 Å². The van der Waals surface area contributed by atoms with E-state index in [-0.39, 0.29) is 18.5 Å². The molecule has 136 valence electrons. The first kappa shape index (κ1) is 18.8. The Kier molecular flexibility index (Phi) is 5.87. The summed E-state index contributed by atoms with van der Waals surface area (Å²) in [4.78, 5) is 6.97. The summed E-state index contributed by atoms with van der Waals surface area (Å²) in [5.41, 5.74) is 3.23. The van der Waals surface area contributed by atoms with Crippen molar-refractivity contribution >= 4 is 46.4 Å². The van der Waals surface area contributed by atoms with Crippen molar-refractivity contribution in [3.05, 3.63) is 65.2 Å². The number of anilines is 2. The molecule has 26 heavy (non-hydrogen) atoms. The maximum Gasteiger partial charge on any atom is 0.129 e. The van der Waals surface area contributed by atoms with Crippen LogP contribution in [-0.4, -0.2) is 29.3 Å². The van der Waals surface area contributed by atoms with Crippen LogP contribution in [0.5, 0.6) is 0 Å². The summed E-state index contributed by atoms with van der Waals surface area (Å²) in [7, 11) is 0. The van der Waals surface area contributed by atoms with E-state index in [4.69, 9.17) is 16.6 Å². The molecule has 6 heteroatoms. The number of benzene rings is 2. The zero-order chi connectivity index (χ0) is 17.2.